The number of methoxy groups -OCH3 is 1. The number of carbonyl (C=O) groups excluding carboxylic acids is 2. The maximum absolute atomic E-state index is 11.9. The van der Waals surface area contributed by atoms with Gasteiger partial charge in [0.25, 0.3) is 5.91 Å². The highest BCUT2D eigenvalue weighted by Gasteiger charge is 2.14. The van der Waals surface area contributed by atoms with E-state index in [0.29, 0.717) is 15.8 Å². The maximum Gasteiger partial charge on any atom is 0.343 e. The van der Waals surface area contributed by atoms with Gasteiger partial charge in [-0.05, 0) is 62.3 Å². The maximum atomic E-state index is 11.9. The zero-order valence-corrected chi connectivity index (χ0v) is 16.5. The summed E-state index contributed by atoms with van der Waals surface area (Å²) >= 11 is 5.40. The molecule has 0 aliphatic rings. The fraction of sp³-hybridized carbons (Fsp3) is 0.267. The fourth-order valence-electron chi connectivity index (χ4n) is 1.54. The smallest absolute Gasteiger partial charge is 0.343 e. The molecule has 122 valence electrons. The van der Waals surface area contributed by atoms with E-state index in [0.717, 1.165) is 3.57 Å². The molecule has 0 saturated heterocycles. The van der Waals surface area contributed by atoms with Gasteiger partial charge in [0.05, 0.1) is 15.2 Å². The Labute approximate surface area is 156 Å². The number of nitriles is 1. The Kier molecular flexibility index (Phi) is 7.51. The van der Waals surface area contributed by atoms with Gasteiger partial charge in [0.1, 0.15) is 17.4 Å². The summed E-state index contributed by atoms with van der Waals surface area (Å²) in [7, 11) is 4.44. The number of likely N-dealkylation sites (N-methyl/N-ethyl adjacent to an activating group) is 1. The molecule has 1 amide bonds. The summed E-state index contributed by atoms with van der Waals surface area (Å²) in [6.45, 7) is -0.206. The number of amides is 1. The van der Waals surface area contributed by atoms with Gasteiger partial charge in [-0.15, -0.1) is 0 Å². The van der Waals surface area contributed by atoms with Crippen molar-refractivity contribution in [3.8, 4) is 11.8 Å². The van der Waals surface area contributed by atoms with Crippen LogP contribution in [0.25, 0.3) is 6.08 Å². The van der Waals surface area contributed by atoms with Gasteiger partial charge < -0.3 is 14.4 Å². The van der Waals surface area contributed by atoms with Crippen LogP contribution in [-0.2, 0) is 14.3 Å². The van der Waals surface area contributed by atoms with Crippen molar-refractivity contribution in [2.75, 3.05) is 27.8 Å². The SMILES string of the molecule is COC(=O)COc1c(Br)cc(/C=C(/C#N)C(=O)N(C)C)cc1I. The van der Waals surface area contributed by atoms with Gasteiger partial charge in [-0.3, -0.25) is 4.79 Å². The largest absolute Gasteiger partial charge is 0.480 e. The van der Waals surface area contributed by atoms with E-state index in [-0.39, 0.29) is 18.1 Å². The van der Waals surface area contributed by atoms with Crippen LogP contribution in [-0.4, -0.2) is 44.6 Å². The Bertz CT molecular complexity index is 672. The lowest BCUT2D eigenvalue weighted by atomic mass is 10.1. The number of rotatable bonds is 5. The summed E-state index contributed by atoms with van der Waals surface area (Å²) in [5, 5.41) is 9.12. The average molecular weight is 493 g/mol. The number of esters is 1. The number of nitrogens with zero attached hydrogens (tertiary/aromatic N) is 2. The van der Waals surface area contributed by atoms with Gasteiger partial charge in [-0.25, -0.2) is 4.79 Å². The molecule has 0 heterocycles. The first-order valence-corrected chi connectivity index (χ1v) is 8.19. The molecule has 0 spiro atoms. The van der Waals surface area contributed by atoms with Gasteiger partial charge in [0.2, 0.25) is 0 Å². The second-order valence-electron chi connectivity index (χ2n) is 4.55. The molecule has 0 bridgehead atoms. The number of benzene rings is 1. The minimum atomic E-state index is -0.486. The lowest BCUT2D eigenvalue weighted by Gasteiger charge is -2.11. The molecule has 0 saturated carbocycles. The third-order valence-corrected chi connectivity index (χ3v) is 4.04. The quantitative estimate of drug-likeness (QED) is 0.273. The highest BCUT2D eigenvalue weighted by atomic mass is 127. The molecular weight excluding hydrogens is 479 g/mol. The molecule has 1 rings (SSSR count). The van der Waals surface area contributed by atoms with Crippen LogP contribution < -0.4 is 4.74 Å². The molecule has 1 aromatic rings. The number of ether oxygens (including phenoxy) is 2. The van der Waals surface area contributed by atoms with Crippen LogP contribution in [0.3, 0.4) is 0 Å². The van der Waals surface area contributed by atoms with Crippen LogP contribution in [0.15, 0.2) is 22.2 Å². The normalized spacial score (nSPS) is 10.7. The third kappa shape index (κ3) is 5.51. The van der Waals surface area contributed by atoms with E-state index in [2.05, 4.69) is 20.7 Å². The highest BCUT2D eigenvalue weighted by molar-refractivity contribution is 14.1. The summed E-state index contributed by atoms with van der Waals surface area (Å²) < 4.78 is 11.3. The van der Waals surface area contributed by atoms with Crippen molar-refractivity contribution in [2.24, 2.45) is 0 Å². The van der Waals surface area contributed by atoms with Crippen molar-refractivity contribution in [3.05, 3.63) is 31.3 Å². The topological polar surface area (TPSA) is 79.6 Å². The molecule has 6 nitrogen and oxygen atoms in total. The van der Waals surface area contributed by atoms with E-state index >= 15 is 0 Å². The van der Waals surface area contributed by atoms with Gasteiger partial charge in [0, 0.05) is 14.1 Å². The van der Waals surface area contributed by atoms with Crippen molar-refractivity contribution in [1.29, 1.82) is 5.26 Å². The van der Waals surface area contributed by atoms with Crippen molar-refractivity contribution >= 4 is 56.5 Å². The van der Waals surface area contributed by atoms with Crippen molar-refractivity contribution < 1.29 is 19.1 Å². The van der Waals surface area contributed by atoms with E-state index in [4.69, 9.17) is 10.00 Å². The average Bonchev–Trinajstić information content (AvgIpc) is 2.50. The first kappa shape index (κ1) is 19.4. The summed E-state index contributed by atoms with van der Waals surface area (Å²) in [6, 6.07) is 5.34. The number of hydrogen-bond acceptors (Lipinski definition) is 5. The summed E-state index contributed by atoms with van der Waals surface area (Å²) in [5.74, 6) is -0.365. The number of carbonyl (C=O) groups is 2. The zero-order valence-electron chi connectivity index (χ0n) is 12.7. The van der Waals surface area contributed by atoms with Crippen LogP contribution in [0.2, 0.25) is 0 Å². The van der Waals surface area contributed by atoms with E-state index in [1.807, 2.05) is 28.7 Å². The second-order valence-corrected chi connectivity index (χ2v) is 6.56. The third-order valence-electron chi connectivity index (χ3n) is 2.65. The molecule has 0 atom stereocenters. The Morgan fingerprint density at radius 3 is 2.57 bits per heavy atom. The van der Waals surface area contributed by atoms with E-state index in [9.17, 15) is 9.59 Å². The van der Waals surface area contributed by atoms with E-state index < -0.39 is 5.97 Å². The molecule has 0 radical (unpaired) electrons. The number of halogens is 2. The monoisotopic (exact) mass is 492 g/mol. The molecule has 8 heteroatoms. The predicted molar refractivity (Wildman–Crippen MR) is 96.7 cm³/mol. The molecular formula is C15H14BrIN2O4. The van der Waals surface area contributed by atoms with Crippen molar-refractivity contribution in [1.82, 2.24) is 4.90 Å². The molecule has 0 fully saturated rings. The first-order chi connectivity index (χ1) is 10.8. The summed E-state index contributed by atoms with van der Waals surface area (Å²) in [4.78, 5) is 24.4. The van der Waals surface area contributed by atoms with Gasteiger partial charge >= 0.3 is 5.97 Å². The standard InChI is InChI=1S/C15H14BrIN2O4/c1-19(2)15(21)10(7-18)4-9-5-11(16)14(12(17)6-9)23-8-13(20)22-3/h4-6H,8H2,1-3H3/b10-4-. The molecule has 0 aliphatic carbocycles. The second kappa shape index (κ2) is 8.88. The minimum absolute atomic E-state index is 0.0286. The van der Waals surface area contributed by atoms with E-state index in [1.165, 1.54) is 18.1 Å². The van der Waals surface area contributed by atoms with Crippen molar-refractivity contribution in [2.45, 2.75) is 0 Å². The Morgan fingerprint density at radius 1 is 1.43 bits per heavy atom. The Morgan fingerprint density at radius 2 is 2.09 bits per heavy atom. The predicted octanol–water partition coefficient (Wildman–Crippen LogP) is 2.60. The zero-order chi connectivity index (χ0) is 17.6. The molecule has 1 aromatic carbocycles. The van der Waals surface area contributed by atoms with Gasteiger partial charge in [-0.2, -0.15) is 5.26 Å². The van der Waals surface area contributed by atoms with Crippen LogP contribution in [0.1, 0.15) is 5.56 Å². The van der Waals surface area contributed by atoms with Crippen LogP contribution in [0, 0.1) is 14.9 Å². The molecule has 0 N–H and O–H groups in total. The van der Waals surface area contributed by atoms with Gasteiger partial charge in [-0.1, -0.05) is 0 Å². The minimum Gasteiger partial charge on any atom is -0.480 e. The summed E-state index contributed by atoms with van der Waals surface area (Å²) in [6.07, 6.45) is 1.50. The number of hydrogen-bond donors (Lipinski definition) is 0. The van der Waals surface area contributed by atoms with Crippen molar-refractivity contribution in [3.63, 3.8) is 0 Å². The first-order valence-electron chi connectivity index (χ1n) is 6.32. The lowest BCUT2D eigenvalue weighted by Crippen LogP contribution is -2.22. The van der Waals surface area contributed by atoms with E-state index in [1.54, 1.807) is 26.2 Å². The molecule has 23 heavy (non-hydrogen) atoms. The Balaban J connectivity index is 3.11. The van der Waals surface area contributed by atoms with Crippen LogP contribution in [0.5, 0.6) is 5.75 Å². The van der Waals surface area contributed by atoms with Crippen LogP contribution in [0.4, 0.5) is 0 Å². The Hall–Kier alpha value is -1.60. The molecule has 0 aromatic heterocycles. The molecule has 0 unspecified atom stereocenters. The highest BCUT2D eigenvalue weighted by Crippen LogP contribution is 2.32. The lowest BCUT2D eigenvalue weighted by molar-refractivity contribution is -0.143. The van der Waals surface area contributed by atoms with Crippen LogP contribution >= 0.6 is 38.5 Å². The fourth-order valence-corrected chi connectivity index (χ4v) is 3.31. The molecule has 0 aliphatic heterocycles. The summed E-state index contributed by atoms with van der Waals surface area (Å²) in [5.41, 5.74) is 0.694. The van der Waals surface area contributed by atoms with Gasteiger partial charge in [0.15, 0.2) is 6.61 Å².